The van der Waals surface area contributed by atoms with Crippen molar-refractivity contribution in [3.63, 3.8) is 0 Å². The topological polar surface area (TPSA) is 61.4 Å². The third-order valence-corrected chi connectivity index (χ3v) is 3.75. The van der Waals surface area contributed by atoms with Crippen molar-refractivity contribution in [2.45, 2.75) is 39.5 Å². The van der Waals surface area contributed by atoms with Crippen molar-refractivity contribution in [3.8, 4) is 0 Å². The maximum atomic E-state index is 12.1. The number of hydrogen-bond acceptors (Lipinski definition) is 3. The predicted octanol–water partition coefficient (Wildman–Crippen LogP) is 0.997. The molecule has 1 aliphatic heterocycles. The van der Waals surface area contributed by atoms with Gasteiger partial charge in [-0.15, -0.1) is 0 Å². The maximum absolute atomic E-state index is 12.1. The molecule has 1 rings (SSSR count). The van der Waals surface area contributed by atoms with Gasteiger partial charge in [0.25, 0.3) is 0 Å². The second-order valence-corrected chi connectivity index (χ2v) is 6.11. The number of nitrogens with zero attached hydrogens (tertiary/aromatic N) is 1. The number of rotatable bonds is 7. The van der Waals surface area contributed by atoms with E-state index in [0.29, 0.717) is 18.3 Å². The molecule has 0 aromatic carbocycles. The molecule has 1 aliphatic rings. The van der Waals surface area contributed by atoms with Crippen LogP contribution in [0.15, 0.2) is 0 Å². The van der Waals surface area contributed by atoms with Crippen molar-refractivity contribution in [3.05, 3.63) is 0 Å². The molecule has 20 heavy (non-hydrogen) atoms. The lowest BCUT2D eigenvalue weighted by molar-refractivity contribution is -0.134. The van der Waals surface area contributed by atoms with E-state index >= 15 is 0 Å². The average Bonchev–Trinajstić information content (AvgIpc) is 2.43. The van der Waals surface area contributed by atoms with E-state index in [1.54, 1.807) is 0 Å². The third-order valence-electron chi connectivity index (χ3n) is 3.75. The molecule has 1 atom stereocenters. The molecule has 0 aliphatic carbocycles. The lowest BCUT2D eigenvalue weighted by Crippen LogP contribution is -2.46. The second kappa shape index (κ2) is 8.95. The van der Waals surface area contributed by atoms with Gasteiger partial charge in [-0.1, -0.05) is 13.8 Å². The van der Waals surface area contributed by atoms with Crippen molar-refractivity contribution in [2.24, 2.45) is 11.8 Å². The standard InChI is InChI=1S/C15H29N3O2/c1-12(2)6-7-14(19)17-10-15(20)18-8-4-5-13(11-18)9-16-3/h12-13,16H,4-11H2,1-3H3,(H,17,19). The van der Waals surface area contributed by atoms with E-state index in [1.807, 2.05) is 11.9 Å². The Balaban J connectivity index is 2.26. The Morgan fingerprint density at radius 3 is 2.75 bits per heavy atom. The fourth-order valence-corrected chi connectivity index (χ4v) is 2.54. The number of likely N-dealkylation sites (tertiary alicyclic amines) is 1. The van der Waals surface area contributed by atoms with Crippen LogP contribution in [0.25, 0.3) is 0 Å². The van der Waals surface area contributed by atoms with Gasteiger partial charge in [0, 0.05) is 19.5 Å². The summed E-state index contributed by atoms with van der Waals surface area (Å²) in [6, 6.07) is 0. The minimum absolute atomic E-state index is 0.0177. The first-order valence-corrected chi connectivity index (χ1v) is 7.72. The Kier molecular flexibility index (Phi) is 7.59. The van der Waals surface area contributed by atoms with Crippen molar-refractivity contribution in [1.82, 2.24) is 15.5 Å². The van der Waals surface area contributed by atoms with Crippen LogP contribution < -0.4 is 10.6 Å². The van der Waals surface area contributed by atoms with E-state index in [1.165, 1.54) is 6.42 Å². The normalized spacial score (nSPS) is 19.2. The van der Waals surface area contributed by atoms with Crippen LogP contribution in [0.2, 0.25) is 0 Å². The van der Waals surface area contributed by atoms with Gasteiger partial charge in [0.2, 0.25) is 11.8 Å². The molecule has 1 saturated heterocycles. The van der Waals surface area contributed by atoms with Crippen molar-refractivity contribution >= 4 is 11.8 Å². The summed E-state index contributed by atoms with van der Waals surface area (Å²) in [6.07, 6.45) is 3.60. The summed E-state index contributed by atoms with van der Waals surface area (Å²) in [5, 5.41) is 5.90. The van der Waals surface area contributed by atoms with Crippen molar-refractivity contribution in [2.75, 3.05) is 33.2 Å². The van der Waals surface area contributed by atoms with Crippen LogP contribution in [0.5, 0.6) is 0 Å². The lowest BCUT2D eigenvalue weighted by atomic mass is 9.98. The summed E-state index contributed by atoms with van der Waals surface area (Å²) in [6.45, 7) is 6.90. The summed E-state index contributed by atoms with van der Waals surface area (Å²) in [4.78, 5) is 25.6. The van der Waals surface area contributed by atoms with Gasteiger partial charge in [0.05, 0.1) is 6.54 Å². The highest BCUT2D eigenvalue weighted by Gasteiger charge is 2.23. The highest BCUT2D eigenvalue weighted by atomic mass is 16.2. The van der Waals surface area contributed by atoms with Crippen LogP contribution in [0.3, 0.4) is 0 Å². The Morgan fingerprint density at radius 1 is 1.35 bits per heavy atom. The third kappa shape index (κ3) is 6.37. The first-order chi connectivity index (χ1) is 9.52. The number of amides is 2. The predicted molar refractivity (Wildman–Crippen MR) is 80.3 cm³/mol. The van der Waals surface area contributed by atoms with E-state index < -0.39 is 0 Å². The van der Waals surface area contributed by atoms with Gasteiger partial charge in [0.1, 0.15) is 0 Å². The summed E-state index contributed by atoms with van der Waals surface area (Å²) in [5.74, 6) is 1.08. The SMILES string of the molecule is CNCC1CCCN(C(=O)CNC(=O)CCC(C)C)C1. The summed E-state index contributed by atoms with van der Waals surface area (Å²) >= 11 is 0. The largest absolute Gasteiger partial charge is 0.347 e. The number of piperidine rings is 1. The Hall–Kier alpha value is -1.10. The van der Waals surface area contributed by atoms with Crippen LogP contribution >= 0.6 is 0 Å². The number of carbonyl (C=O) groups excluding carboxylic acids is 2. The molecule has 0 aromatic rings. The summed E-state index contributed by atoms with van der Waals surface area (Å²) in [5.41, 5.74) is 0. The highest BCUT2D eigenvalue weighted by molar-refractivity contribution is 5.84. The Bertz CT molecular complexity index is 316. The van der Waals surface area contributed by atoms with Gasteiger partial charge >= 0.3 is 0 Å². The quantitative estimate of drug-likeness (QED) is 0.732. The van der Waals surface area contributed by atoms with E-state index in [2.05, 4.69) is 24.5 Å². The monoisotopic (exact) mass is 283 g/mol. The van der Waals surface area contributed by atoms with Gasteiger partial charge < -0.3 is 15.5 Å². The zero-order chi connectivity index (χ0) is 15.0. The molecule has 1 heterocycles. The molecule has 1 unspecified atom stereocenters. The Morgan fingerprint density at radius 2 is 2.10 bits per heavy atom. The van der Waals surface area contributed by atoms with E-state index in [9.17, 15) is 9.59 Å². The molecule has 0 radical (unpaired) electrons. The van der Waals surface area contributed by atoms with Gasteiger partial charge in [-0.25, -0.2) is 0 Å². The molecule has 2 N–H and O–H groups in total. The molecular weight excluding hydrogens is 254 g/mol. The highest BCUT2D eigenvalue weighted by Crippen LogP contribution is 2.15. The number of nitrogens with one attached hydrogen (secondary N) is 2. The molecule has 0 aromatic heterocycles. The second-order valence-electron chi connectivity index (χ2n) is 6.11. The number of hydrogen-bond donors (Lipinski definition) is 2. The summed E-state index contributed by atoms with van der Waals surface area (Å²) in [7, 11) is 1.94. The molecule has 2 amide bonds. The van der Waals surface area contributed by atoms with Gasteiger partial charge in [0.15, 0.2) is 0 Å². The van der Waals surface area contributed by atoms with E-state index in [0.717, 1.165) is 32.5 Å². The van der Waals surface area contributed by atoms with Crippen molar-refractivity contribution in [1.29, 1.82) is 0 Å². The molecule has 0 bridgehead atoms. The maximum Gasteiger partial charge on any atom is 0.241 e. The minimum atomic E-state index is -0.0177. The van der Waals surface area contributed by atoms with Gasteiger partial charge in [-0.2, -0.15) is 0 Å². The molecule has 0 spiro atoms. The average molecular weight is 283 g/mol. The van der Waals surface area contributed by atoms with Gasteiger partial charge in [-0.05, 0) is 44.7 Å². The fraction of sp³-hybridized carbons (Fsp3) is 0.867. The molecule has 5 nitrogen and oxygen atoms in total. The Labute approximate surface area is 122 Å². The van der Waals surface area contributed by atoms with Gasteiger partial charge in [-0.3, -0.25) is 9.59 Å². The van der Waals surface area contributed by atoms with E-state index in [-0.39, 0.29) is 18.4 Å². The zero-order valence-corrected chi connectivity index (χ0v) is 13.1. The first kappa shape index (κ1) is 17.0. The van der Waals surface area contributed by atoms with Crippen LogP contribution in [-0.2, 0) is 9.59 Å². The smallest absolute Gasteiger partial charge is 0.241 e. The fourth-order valence-electron chi connectivity index (χ4n) is 2.54. The molecule has 1 fully saturated rings. The first-order valence-electron chi connectivity index (χ1n) is 7.72. The lowest BCUT2D eigenvalue weighted by Gasteiger charge is -2.32. The van der Waals surface area contributed by atoms with Crippen LogP contribution in [0, 0.1) is 11.8 Å². The molecule has 0 saturated carbocycles. The minimum Gasteiger partial charge on any atom is -0.347 e. The molecular formula is C15H29N3O2. The summed E-state index contributed by atoms with van der Waals surface area (Å²) < 4.78 is 0. The molecule has 116 valence electrons. The number of carbonyl (C=O) groups is 2. The molecule has 5 heteroatoms. The van der Waals surface area contributed by atoms with Crippen LogP contribution in [0.1, 0.15) is 39.5 Å². The zero-order valence-electron chi connectivity index (χ0n) is 13.1. The van der Waals surface area contributed by atoms with E-state index in [4.69, 9.17) is 0 Å². The van der Waals surface area contributed by atoms with Crippen LogP contribution in [0.4, 0.5) is 0 Å². The van der Waals surface area contributed by atoms with Crippen LogP contribution in [-0.4, -0.2) is 49.9 Å². The van der Waals surface area contributed by atoms with Crippen molar-refractivity contribution < 1.29 is 9.59 Å².